The lowest BCUT2D eigenvalue weighted by molar-refractivity contribution is 0.123. The fourth-order valence-electron chi connectivity index (χ4n) is 1.39. The Morgan fingerprint density at radius 3 is 2.77 bits per heavy atom. The average molecular weight is 185 g/mol. The molecule has 0 heterocycles. The molecule has 1 fully saturated rings. The van der Waals surface area contributed by atoms with E-state index in [1.54, 1.807) is 0 Å². The van der Waals surface area contributed by atoms with Gasteiger partial charge >= 0.3 is 0 Å². The zero-order valence-electron chi connectivity index (χ0n) is 9.01. The predicted octanol–water partition coefficient (Wildman–Crippen LogP) is 2.19. The molecule has 78 valence electrons. The van der Waals surface area contributed by atoms with Crippen LogP contribution in [0.2, 0.25) is 0 Å². The van der Waals surface area contributed by atoms with Crippen molar-refractivity contribution >= 4 is 0 Å². The Balaban J connectivity index is 1.72. The molecule has 0 aliphatic heterocycles. The fraction of sp³-hybridized carbons (Fsp3) is 1.00. The van der Waals surface area contributed by atoms with Gasteiger partial charge in [0.15, 0.2) is 0 Å². The summed E-state index contributed by atoms with van der Waals surface area (Å²) in [7, 11) is 2.01. The third-order valence-corrected chi connectivity index (χ3v) is 2.79. The average Bonchev–Trinajstić information content (AvgIpc) is 2.94. The molecule has 0 aromatic carbocycles. The van der Waals surface area contributed by atoms with E-state index in [0.29, 0.717) is 6.04 Å². The van der Waals surface area contributed by atoms with E-state index in [0.717, 1.165) is 19.1 Å². The Labute approximate surface area is 82.0 Å². The highest BCUT2D eigenvalue weighted by molar-refractivity contribution is 4.72. The molecule has 2 nitrogen and oxygen atoms in total. The van der Waals surface area contributed by atoms with Crippen molar-refractivity contribution in [3.63, 3.8) is 0 Å². The van der Waals surface area contributed by atoms with Gasteiger partial charge in [0, 0.05) is 19.3 Å². The zero-order chi connectivity index (χ0) is 9.52. The first-order valence-electron chi connectivity index (χ1n) is 5.58. The van der Waals surface area contributed by atoms with Gasteiger partial charge in [-0.05, 0) is 39.2 Å². The van der Waals surface area contributed by atoms with Gasteiger partial charge in [0.1, 0.15) is 0 Å². The second-order valence-electron chi connectivity index (χ2n) is 4.18. The Hall–Kier alpha value is -0.0800. The van der Waals surface area contributed by atoms with E-state index < -0.39 is 0 Å². The van der Waals surface area contributed by atoms with Gasteiger partial charge in [0.05, 0.1) is 0 Å². The van der Waals surface area contributed by atoms with E-state index >= 15 is 0 Å². The summed E-state index contributed by atoms with van der Waals surface area (Å²) in [6.45, 7) is 4.14. The molecule has 13 heavy (non-hydrogen) atoms. The van der Waals surface area contributed by atoms with Crippen molar-refractivity contribution < 1.29 is 4.74 Å². The molecule has 1 atom stereocenters. The van der Waals surface area contributed by atoms with Crippen molar-refractivity contribution in [3.05, 3.63) is 0 Å². The standard InChI is InChI=1S/C11H23NO/c1-10(12-2)4-3-8-13-9-7-11-5-6-11/h10-12H,3-9H2,1-2H3. The lowest BCUT2D eigenvalue weighted by Crippen LogP contribution is -2.21. The monoisotopic (exact) mass is 185 g/mol. The SMILES string of the molecule is CNC(C)CCCOCCC1CC1. The third-order valence-electron chi connectivity index (χ3n) is 2.79. The van der Waals surface area contributed by atoms with Crippen molar-refractivity contribution in [2.75, 3.05) is 20.3 Å². The minimum absolute atomic E-state index is 0.632. The molecule has 1 aliphatic rings. The smallest absolute Gasteiger partial charge is 0.0468 e. The van der Waals surface area contributed by atoms with Crippen LogP contribution in [0.4, 0.5) is 0 Å². The van der Waals surface area contributed by atoms with Crippen LogP contribution in [0.25, 0.3) is 0 Å². The number of hydrogen-bond donors (Lipinski definition) is 1. The molecule has 0 aromatic rings. The van der Waals surface area contributed by atoms with E-state index in [1.807, 2.05) is 7.05 Å². The second kappa shape index (κ2) is 6.39. The van der Waals surface area contributed by atoms with Gasteiger partial charge in [-0.2, -0.15) is 0 Å². The summed E-state index contributed by atoms with van der Waals surface area (Å²) < 4.78 is 5.55. The maximum Gasteiger partial charge on any atom is 0.0468 e. The van der Waals surface area contributed by atoms with E-state index in [2.05, 4.69) is 12.2 Å². The summed E-state index contributed by atoms with van der Waals surface area (Å²) in [5.74, 6) is 1.01. The van der Waals surface area contributed by atoms with Crippen molar-refractivity contribution in [1.29, 1.82) is 0 Å². The van der Waals surface area contributed by atoms with Gasteiger partial charge in [-0.1, -0.05) is 12.8 Å². The summed E-state index contributed by atoms with van der Waals surface area (Å²) >= 11 is 0. The second-order valence-corrected chi connectivity index (χ2v) is 4.18. The molecule has 2 heteroatoms. The molecular formula is C11H23NO. The summed E-state index contributed by atoms with van der Waals surface area (Å²) in [5.41, 5.74) is 0. The maximum absolute atomic E-state index is 5.55. The number of nitrogens with one attached hydrogen (secondary N) is 1. The summed E-state index contributed by atoms with van der Waals surface area (Å²) in [6.07, 6.45) is 6.59. The highest BCUT2D eigenvalue weighted by Gasteiger charge is 2.20. The van der Waals surface area contributed by atoms with Crippen LogP contribution in [0.15, 0.2) is 0 Å². The number of ether oxygens (including phenoxy) is 1. The van der Waals surface area contributed by atoms with Crippen LogP contribution in [-0.2, 0) is 4.74 Å². The molecule has 1 unspecified atom stereocenters. The Morgan fingerprint density at radius 1 is 1.38 bits per heavy atom. The zero-order valence-corrected chi connectivity index (χ0v) is 9.01. The van der Waals surface area contributed by atoms with Gasteiger partial charge in [-0.3, -0.25) is 0 Å². The molecule has 0 spiro atoms. The van der Waals surface area contributed by atoms with Crippen molar-refractivity contribution in [2.45, 2.75) is 45.1 Å². The molecule has 1 aliphatic carbocycles. The topological polar surface area (TPSA) is 21.3 Å². The third kappa shape index (κ3) is 6.05. The van der Waals surface area contributed by atoms with Crippen LogP contribution in [0.5, 0.6) is 0 Å². The molecule has 0 amide bonds. The maximum atomic E-state index is 5.55. The van der Waals surface area contributed by atoms with Crippen molar-refractivity contribution in [3.8, 4) is 0 Å². The molecule has 1 rings (SSSR count). The molecule has 0 saturated heterocycles. The predicted molar refractivity (Wildman–Crippen MR) is 55.9 cm³/mol. The van der Waals surface area contributed by atoms with Crippen LogP contribution >= 0.6 is 0 Å². The van der Waals surface area contributed by atoms with Crippen LogP contribution in [-0.4, -0.2) is 26.3 Å². The van der Waals surface area contributed by atoms with Crippen molar-refractivity contribution in [1.82, 2.24) is 5.32 Å². The molecule has 0 bridgehead atoms. The van der Waals surface area contributed by atoms with Crippen LogP contribution < -0.4 is 5.32 Å². The molecule has 1 N–H and O–H groups in total. The minimum atomic E-state index is 0.632. The molecule has 0 aromatic heterocycles. The molecule has 0 radical (unpaired) electrons. The number of hydrogen-bond acceptors (Lipinski definition) is 2. The van der Waals surface area contributed by atoms with Crippen LogP contribution in [0.3, 0.4) is 0 Å². The van der Waals surface area contributed by atoms with E-state index in [1.165, 1.54) is 32.1 Å². The highest BCUT2D eigenvalue weighted by Crippen LogP contribution is 2.32. The Bertz CT molecular complexity index is 123. The van der Waals surface area contributed by atoms with Crippen molar-refractivity contribution in [2.24, 2.45) is 5.92 Å². The Kier molecular flexibility index (Phi) is 5.40. The first-order valence-corrected chi connectivity index (χ1v) is 5.58. The Morgan fingerprint density at radius 2 is 2.15 bits per heavy atom. The first kappa shape index (κ1) is 11.0. The van der Waals surface area contributed by atoms with E-state index in [4.69, 9.17) is 4.74 Å². The summed E-state index contributed by atoms with van der Waals surface area (Å²) in [4.78, 5) is 0. The summed E-state index contributed by atoms with van der Waals surface area (Å²) in [5, 5.41) is 3.23. The number of rotatable bonds is 8. The summed E-state index contributed by atoms with van der Waals surface area (Å²) in [6, 6.07) is 0.632. The van der Waals surface area contributed by atoms with Gasteiger partial charge in [-0.25, -0.2) is 0 Å². The quantitative estimate of drug-likeness (QED) is 0.585. The van der Waals surface area contributed by atoms with Crippen LogP contribution in [0.1, 0.15) is 39.0 Å². The largest absolute Gasteiger partial charge is 0.381 e. The molecule has 1 saturated carbocycles. The van der Waals surface area contributed by atoms with Gasteiger partial charge in [0.2, 0.25) is 0 Å². The molecular weight excluding hydrogens is 162 g/mol. The fourth-order valence-corrected chi connectivity index (χ4v) is 1.39. The normalized spacial score (nSPS) is 18.9. The highest BCUT2D eigenvalue weighted by atomic mass is 16.5. The van der Waals surface area contributed by atoms with Gasteiger partial charge < -0.3 is 10.1 Å². The van der Waals surface area contributed by atoms with Gasteiger partial charge in [-0.15, -0.1) is 0 Å². The van der Waals surface area contributed by atoms with E-state index in [9.17, 15) is 0 Å². The lowest BCUT2D eigenvalue weighted by atomic mass is 10.2. The van der Waals surface area contributed by atoms with Gasteiger partial charge in [0.25, 0.3) is 0 Å². The first-order chi connectivity index (χ1) is 6.33. The minimum Gasteiger partial charge on any atom is -0.381 e. The van der Waals surface area contributed by atoms with Crippen LogP contribution in [0, 0.1) is 5.92 Å². The lowest BCUT2D eigenvalue weighted by Gasteiger charge is -2.09. The van der Waals surface area contributed by atoms with E-state index in [-0.39, 0.29) is 0 Å².